The SMILES string of the molecule is CCOc1cc(C2/C(=C(\O)c3ccccc3)C(=O)C(=O)N2CCCn2ccnc2)ccc1OCCC(C)C. The van der Waals surface area contributed by atoms with Crippen molar-refractivity contribution in [2.75, 3.05) is 19.8 Å². The van der Waals surface area contributed by atoms with E-state index in [0.29, 0.717) is 61.3 Å². The van der Waals surface area contributed by atoms with Gasteiger partial charge in [0.1, 0.15) is 5.76 Å². The monoisotopic (exact) mass is 517 g/mol. The molecule has 200 valence electrons. The van der Waals surface area contributed by atoms with Gasteiger partial charge in [0.25, 0.3) is 11.7 Å². The lowest BCUT2D eigenvalue weighted by molar-refractivity contribution is -0.139. The lowest BCUT2D eigenvalue weighted by Crippen LogP contribution is -2.31. The number of ketones is 1. The summed E-state index contributed by atoms with van der Waals surface area (Å²) in [5, 5.41) is 11.2. The van der Waals surface area contributed by atoms with Crippen LogP contribution in [0.1, 0.15) is 50.8 Å². The average Bonchev–Trinajstić information content (AvgIpc) is 3.52. The number of hydrogen-bond donors (Lipinski definition) is 1. The van der Waals surface area contributed by atoms with Crippen molar-refractivity contribution in [2.45, 2.75) is 46.2 Å². The number of likely N-dealkylation sites (tertiary alicyclic amines) is 1. The minimum atomic E-state index is -0.762. The summed E-state index contributed by atoms with van der Waals surface area (Å²) in [5.74, 6) is 0.127. The summed E-state index contributed by atoms with van der Waals surface area (Å²) < 4.78 is 13.8. The van der Waals surface area contributed by atoms with Crippen LogP contribution in [-0.4, -0.2) is 51.0 Å². The minimum absolute atomic E-state index is 0.0692. The van der Waals surface area contributed by atoms with Gasteiger partial charge in [0.15, 0.2) is 11.5 Å². The number of carbonyl (C=O) groups excluding carboxylic acids is 2. The maximum atomic E-state index is 13.3. The van der Waals surface area contributed by atoms with Crippen LogP contribution in [0.25, 0.3) is 5.76 Å². The van der Waals surface area contributed by atoms with Crippen LogP contribution in [0.3, 0.4) is 0 Å². The third-order valence-corrected chi connectivity index (χ3v) is 6.50. The Morgan fingerprint density at radius 2 is 1.84 bits per heavy atom. The number of aromatic nitrogens is 2. The van der Waals surface area contributed by atoms with Crippen LogP contribution in [0.5, 0.6) is 11.5 Å². The lowest BCUT2D eigenvalue weighted by Gasteiger charge is -2.26. The summed E-state index contributed by atoms with van der Waals surface area (Å²) in [7, 11) is 0. The molecule has 0 spiro atoms. The first-order valence-corrected chi connectivity index (χ1v) is 13.1. The number of amides is 1. The van der Waals surface area contributed by atoms with Crippen molar-refractivity contribution in [3.63, 3.8) is 0 Å². The maximum Gasteiger partial charge on any atom is 0.295 e. The molecule has 1 amide bonds. The number of aryl methyl sites for hydroxylation is 1. The van der Waals surface area contributed by atoms with Crippen LogP contribution in [-0.2, 0) is 16.1 Å². The Bertz CT molecular complexity index is 1270. The predicted molar refractivity (Wildman–Crippen MR) is 145 cm³/mol. The van der Waals surface area contributed by atoms with Crippen molar-refractivity contribution in [2.24, 2.45) is 5.92 Å². The molecule has 0 aliphatic carbocycles. The van der Waals surface area contributed by atoms with Gasteiger partial charge in [-0.3, -0.25) is 9.59 Å². The molecule has 0 bridgehead atoms. The van der Waals surface area contributed by atoms with E-state index in [-0.39, 0.29) is 11.3 Å². The number of benzene rings is 2. The molecule has 4 rings (SSSR count). The quantitative estimate of drug-likeness (QED) is 0.201. The second-order valence-electron chi connectivity index (χ2n) is 9.68. The molecule has 2 aromatic carbocycles. The Kier molecular flexibility index (Phi) is 8.84. The van der Waals surface area contributed by atoms with Gasteiger partial charge in [0, 0.05) is 31.0 Å². The zero-order valence-electron chi connectivity index (χ0n) is 22.2. The van der Waals surface area contributed by atoms with Crippen molar-refractivity contribution >= 4 is 17.4 Å². The van der Waals surface area contributed by atoms with E-state index in [0.717, 1.165) is 6.42 Å². The third kappa shape index (κ3) is 6.07. The molecule has 1 N–H and O–H groups in total. The number of aliphatic hydroxyl groups is 1. The second kappa shape index (κ2) is 12.4. The number of imidazole rings is 1. The summed E-state index contributed by atoms with van der Waals surface area (Å²) in [6.45, 7) is 8.12. The summed E-state index contributed by atoms with van der Waals surface area (Å²) in [4.78, 5) is 32.2. The van der Waals surface area contributed by atoms with E-state index in [9.17, 15) is 14.7 Å². The van der Waals surface area contributed by atoms with Gasteiger partial charge in [-0.05, 0) is 43.4 Å². The van der Waals surface area contributed by atoms with Crippen LogP contribution in [0.2, 0.25) is 0 Å². The van der Waals surface area contributed by atoms with Crippen molar-refractivity contribution in [1.82, 2.24) is 14.5 Å². The highest BCUT2D eigenvalue weighted by molar-refractivity contribution is 6.46. The van der Waals surface area contributed by atoms with Crippen LogP contribution in [0.15, 0.2) is 72.8 Å². The molecule has 8 nitrogen and oxygen atoms in total. The Morgan fingerprint density at radius 1 is 1.05 bits per heavy atom. The number of hydrogen-bond acceptors (Lipinski definition) is 6. The van der Waals surface area contributed by atoms with Gasteiger partial charge >= 0.3 is 0 Å². The predicted octanol–water partition coefficient (Wildman–Crippen LogP) is 5.22. The average molecular weight is 518 g/mol. The molecule has 2 heterocycles. The van der Waals surface area contributed by atoms with E-state index in [1.165, 1.54) is 4.90 Å². The Labute approximate surface area is 223 Å². The zero-order valence-corrected chi connectivity index (χ0v) is 22.2. The van der Waals surface area contributed by atoms with Crippen LogP contribution in [0, 0.1) is 5.92 Å². The molecular weight excluding hydrogens is 482 g/mol. The third-order valence-electron chi connectivity index (χ3n) is 6.50. The van der Waals surface area contributed by atoms with E-state index in [4.69, 9.17) is 9.47 Å². The number of aliphatic hydroxyl groups excluding tert-OH is 1. The van der Waals surface area contributed by atoms with Crippen molar-refractivity contribution in [3.05, 3.63) is 84.0 Å². The first-order chi connectivity index (χ1) is 18.4. The highest BCUT2D eigenvalue weighted by Crippen LogP contribution is 2.42. The van der Waals surface area contributed by atoms with Gasteiger partial charge < -0.3 is 24.0 Å². The zero-order chi connectivity index (χ0) is 27.1. The largest absolute Gasteiger partial charge is 0.507 e. The molecule has 1 unspecified atom stereocenters. The Morgan fingerprint density at radius 3 is 2.53 bits per heavy atom. The molecule has 1 aromatic heterocycles. The first kappa shape index (κ1) is 27.0. The van der Waals surface area contributed by atoms with Crippen LogP contribution in [0.4, 0.5) is 0 Å². The lowest BCUT2D eigenvalue weighted by atomic mass is 9.95. The fraction of sp³-hybridized carbons (Fsp3) is 0.367. The topological polar surface area (TPSA) is 93.9 Å². The molecule has 1 atom stereocenters. The molecule has 0 saturated carbocycles. The summed E-state index contributed by atoms with van der Waals surface area (Å²) in [6.07, 6.45) is 6.79. The van der Waals surface area contributed by atoms with E-state index in [1.807, 2.05) is 42.0 Å². The first-order valence-electron chi connectivity index (χ1n) is 13.1. The van der Waals surface area contributed by atoms with Crippen LogP contribution < -0.4 is 9.47 Å². The summed E-state index contributed by atoms with van der Waals surface area (Å²) >= 11 is 0. The van der Waals surface area contributed by atoms with E-state index < -0.39 is 17.7 Å². The molecule has 8 heteroatoms. The summed E-state index contributed by atoms with van der Waals surface area (Å²) in [5.41, 5.74) is 1.22. The van der Waals surface area contributed by atoms with Crippen molar-refractivity contribution in [1.29, 1.82) is 0 Å². The van der Waals surface area contributed by atoms with Crippen molar-refractivity contribution in [3.8, 4) is 11.5 Å². The standard InChI is InChI=1S/C30H35N3O5/c1-4-37-25-19-23(11-12-24(25)38-18-13-21(2)3)27-26(28(34)22-9-6-5-7-10-22)29(35)30(36)33(27)16-8-15-32-17-14-31-20-32/h5-7,9-12,14,17,19-21,27,34H,4,8,13,15-16,18H2,1-3H3/b28-26+. The molecule has 0 radical (unpaired) electrons. The van der Waals surface area contributed by atoms with Gasteiger partial charge in [-0.15, -0.1) is 0 Å². The van der Waals surface area contributed by atoms with Crippen molar-refractivity contribution < 1.29 is 24.2 Å². The molecule has 1 saturated heterocycles. The summed E-state index contributed by atoms with van der Waals surface area (Å²) in [6, 6.07) is 13.5. The normalized spacial score (nSPS) is 16.8. The molecule has 1 fully saturated rings. The molecular formula is C30H35N3O5. The maximum absolute atomic E-state index is 13.3. The number of ether oxygens (including phenoxy) is 2. The highest BCUT2D eigenvalue weighted by atomic mass is 16.5. The van der Waals surface area contributed by atoms with Gasteiger partial charge in [-0.2, -0.15) is 0 Å². The second-order valence-corrected chi connectivity index (χ2v) is 9.68. The molecule has 3 aromatic rings. The smallest absolute Gasteiger partial charge is 0.295 e. The van der Waals surface area contributed by atoms with Gasteiger partial charge in [-0.25, -0.2) is 4.98 Å². The number of rotatable bonds is 12. The molecule has 1 aliphatic rings. The Balaban J connectivity index is 1.72. The molecule has 1 aliphatic heterocycles. The van der Waals surface area contributed by atoms with E-state index in [1.54, 1.807) is 36.8 Å². The fourth-order valence-corrected chi connectivity index (χ4v) is 4.54. The van der Waals surface area contributed by atoms with Gasteiger partial charge in [0.05, 0.1) is 31.2 Å². The van der Waals surface area contributed by atoms with Crippen LogP contribution >= 0.6 is 0 Å². The van der Waals surface area contributed by atoms with Gasteiger partial charge in [0.2, 0.25) is 0 Å². The number of carbonyl (C=O) groups is 2. The number of nitrogens with zero attached hydrogens (tertiary/aromatic N) is 3. The molecule has 38 heavy (non-hydrogen) atoms. The fourth-order valence-electron chi connectivity index (χ4n) is 4.54. The van der Waals surface area contributed by atoms with E-state index >= 15 is 0 Å². The minimum Gasteiger partial charge on any atom is -0.507 e. The van der Waals surface area contributed by atoms with E-state index in [2.05, 4.69) is 18.8 Å². The highest BCUT2D eigenvalue weighted by Gasteiger charge is 2.46. The number of Topliss-reactive ketones (excluding diaryl/α,β-unsaturated/α-hetero) is 1. The Hall–Kier alpha value is -4.07. The van der Waals surface area contributed by atoms with Gasteiger partial charge in [-0.1, -0.05) is 50.2 Å².